The van der Waals surface area contributed by atoms with Gasteiger partial charge in [-0.2, -0.15) is 9.29 Å². The number of sulfonamides is 1. The number of anilines is 1. The van der Waals surface area contributed by atoms with Crippen molar-refractivity contribution in [2.75, 3.05) is 24.7 Å². The molecular weight excluding hydrogens is 562 g/mol. The van der Waals surface area contributed by atoms with E-state index in [1.807, 2.05) is 42.5 Å². The van der Waals surface area contributed by atoms with Gasteiger partial charge in [-0.25, -0.2) is 13.2 Å². The molecule has 6 rings (SSSR count). The van der Waals surface area contributed by atoms with Crippen molar-refractivity contribution in [3.63, 3.8) is 0 Å². The Morgan fingerprint density at radius 3 is 2.51 bits per heavy atom. The lowest BCUT2D eigenvalue weighted by molar-refractivity contribution is 0.0988. The van der Waals surface area contributed by atoms with Crippen LogP contribution in [0.5, 0.6) is 0 Å². The Balaban J connectivity index is 0.000000255. The molecule has 10 heteroatoms. The molecule has 1 fully saturated rings. The van der Waals surface area contributed by atoms with Gasteiger partial charge in [0.25, 0.3) is 0 Å². The van der Waals surface area contributed by atoms with E-state index in [2.05, 4.69) is 27.3 Å². The van der Waals surface area contributed by atoms with Gasteiger partial charge in [0.05, 0.1) is 17.0 Å². The van der Waals surface area contributed by atoms with Crippen molar-refractivity contribution < 1.29 is 17.6 Å². The van der Waals surface area contributed by atoms with Gasteiger partial charge < -0.3 is 14.1 Å². The second-order valence-corrected chi connectivity index (χ2v) is 12.6. The lowest BCUT2D eigenvalue weighted by Crippen LogP contribution is -2.48. The van der Waals surface area contributed by atoms with Crippen molar-refractivity contribution in [2.24, 2.45) is 0 Å². The van der Waals surface area contributed by atoms with Crippen LogP contribution in [0.3, 0.4) is 0 Å². The van der Waals surface area contributed by atoms with Crippen LogP contribution >= 0.6 is 11.6 Å². The maximum Gasteiger partial charge on any atom is 0.439 e. The molecule has 1 saturated heterocycles. The third-order valence-corrected chi connectivity index (χ3v) is 9.83. The molecule has 0 aliphatic carbocycles. The first-order valence-corrected chi connectivity index (χ1v) is 15.7. The van der Waals surface area contributed by atoms with E-state index >= 15 is 0 Å². The van der Waals surface area contributed by atoms with E-state index in [1.54, 1.807) is 22.5 Å². The summed E-state index contributed by atoms with van der Waals surface area (Å²) in [7, 11) is -3.46. The second-order valence-electron chi connectivity index (χ2n) is 10.2. The third-order valence-electron chi connectivity index (χ3n) is 7.56. The molecule has 3 aromatic carbocycles. The van der Waals surface area contributed by atoms with Crippen molar-refractivity contribution in [3.05, 3.63) is 99.7 Å². The Morgan fingerprint density at radius 1 is 1.00 bits per heavy atom. The minimum Gasteiger partial charge on any atom is -0.416 e. The summed E-state index contributed by atoms with van der Waals surface area (Å²) in [4.78, 5) is 16.9. The van der Waals surface area contributed by atoms with Gasteiger partial charge >= 0.3 is 5.76 Å². The maximum atomic E-state index is 13.1. The number of unbranched alkanes of at least 4 members (excludes halogenated alkanes) is 1. The number of benzene rings is 3. The molecule has 0 amide bonds. The first-order valence-electron chi connectivity index (χ1n) is 13.9. The number of ether oxygens (including phenoxy) is 1. The summed E-state index contributed by atoms with van der Waals surface area (Å²) in [6.07, 6.45) is 6.18. The molecular formula is C31H34ClN3O5S. The summed E-state index contributed by atoms with van der Waals surface area (Å²) in [5.74, 6) is -0.552. The number of aromatic nitrogens is 1. The molecule has 8 nitrogen and oxygen atoms in total. The van der Waals surface area contributed by atoms with Crippen LogP contribution in [0.1, 0.15) is 43.7 Å². The highest BCUT2D eigenvalue weighted by Gasteiger charge is 2.33. The molecule has 0 radical (unpaired) electrons. The number of piperidine rings is 1. The van der Waals surface area contributed by atoms with Crippen molar-refractivity contribution in [1.29, 1.82) is 0 Å². The molecule has 3 heterocycles. The monoisotopic (exact) mass is 595 g/mol. The summed E-state index contributed by atoms with van der Waals surface area (Å²) >= 11 is 6.34. The van der Waals surface area contributed by atoms with Gasteiger partial charge in [-0.3, -0.25) is 0 Å². The van der Waals surface area contributed by atoms with E-state index < -0.39 is 15.8 Å². The van der Waals surface area contributed by atoms with Gasteiger partial charge in [0, 0.05) is 40.8 Å². The number of fused-ring (bicyclic) bond motifs is 2. The van der Waals surface area contributed by atoms with E-state index in [4.69, 9.17) is 16.3 Å². The third kappa shape index (κ3) is 6.81. The van der Waals surface area contributed by atoms with Crippen LogP contribution in [0, 0.1) is 0 Å². The molecule has 0 unspecified atom stereocenters. The fourth-order valence-electron chi connectivity index (χ4n) is 5.26. The number of halogens is 1. The molecule has 0 spiro atoms. The standard InChI is InChI=1S/C23H29ClN2O3S.C8H5NO2/c1-2-3-5-18-8-10-20(11-9-18)30(27,28)25-14-12-19(13-15-25)26-17-29-16-21-22(24)6-4-7-23(21)26;10-8-9-7-4-2-1-3-6(7)5-11-8/h4,6-11,19H,2-3,5,12-17H2,1H3;1-5H. The van der Waals surface area contributed by atoms with Crippen LogP contribution in [0.4, 0.5) is 5.69 Å². The van der Waals surface area contributed by atoms with E-state index in [1.165, 1.54) is 11.8 Å². The smallest absolute Gasteiger partial charge is 0.416 e. The highest BCUT2D eigenvalue weighted by Crippen LogP contribution is 2.35. The van der Waals surface area contributed by atoms with Crippen molar-refractivity contribution in [3.8, 4) is 0 Å². The highest BCUT2D eigenvalue weighted by atomic mass is 35.5. The maximum absolute atomic E-state index is 13.1. The molecule has 1 aromatic heterocycles. The van der Waals surface area contributed by atoms with E-state index in [-0.39, 0.29) is 6.04 Å². The molecule has 2 aliphatic heterocycles. The predicted octanol–water partition coefficient (Wildman–Crippen LogP) is 6.02. The molecule has 0 saturated carbocycles. The average Bonchev–Trinajstić information content (AvgIpc) is 3.00. The van der Waals surface area contributed by atoms with Crippen molar-refractivity contribution in [2.45, 2.75) is 56.6 Å². The van der Waals surface area contributed by atoms with Crippen molar-refractivity contribution in [1.82, 2.24) is 9.29 Å². The van der Waals surface area contributed by atoms with Crippen LogP contribution in [-0.4, -0.2) is 43.6 Å². The fourth-order valence-corrected chi connectivity index (χ4v) is 6.95. The zero-order valence-corrected chi connectivity index (χ0v) is 24.6. The summed E-state index contributed by atoms with van der Waals surface area (Å²) in [6, 6.07) is 20.9. The number of hydrogen-bond donors (Lipinski definition) is 0. The number of para-hydroxylation sites is 1. The van der Waals surface area contributed by atoms with Gasteiger partial charge in [0.1, 0.15) is 13.0 Å². The Bertz CT molecular complexity index is 1630. The first-order chi connectivity index (χ1) is 19.9. The minimum absolute atomic E-state index is 0.241. The summed E-state index contributed by atoms with van der Waals surface area (Å²) in [5.41, 5.74) is 3.99. The van der Waals surface area contributed by atoms with E-state index in [0.29, 0.717) is 36.8 Å². The van der Waals surface area contributed by atoms with Gasteiger partial charge in [-0.1, -0.05) is 55.3 Å². The fraction of sp³-hybridized carbons (Fsp3) is 0.355. The topological polar surface area (TPSA) is 93.0 Å². The van der Waals surface area contributed by atoms with Crippen LogP contribution in [0.25, 0.3) is 10.9 Å². The number of rotatable bonds is 6. The predicted molar refractivity (Wildman–Crippen MR) is 161 cm³/mol. The normalized spacial score (nSPS) is 16.2. The van der Waals surface area contributed by atoms with Gasteiger partial charge in [0.15, 0.2) is 0 Å². The van der Waals surface area contributed by atoms with Crippen LogP contribution in [0.15, 0.2) is 87.1 Å². The van der Waals surface area contributed by atoms with E-state index in [0.717, 1.165) is 53.8 Å². The number of aryl methyl sites for hydroxylation is 1. The quantitative estimate of drug-likeness (QED) is 0.269. The first kappa shape index (κ1) is 29.3. The molecule has 0 N–H and O–H groups in total. The molecule has 0 atom stereocenters. The van der Waals surface area contributed by atoms with Gasteiger partial charge in [-0.05, 0) is 67.6 Å². The van der Waals surface area contributed by atoms with Crippen LogP contribution < -0.4 is 10.7 Å². The number of hydrogen-bond acceptors (Lipinski definition) is 7. The largest absolute Gasteiger partial charge is 0.439 e. The van der Waals surface area contributed by atoms with Gasteiger partial charge in [-0.15, -0.1) is 0 Å². The summed E-state index contributed by atoms with van der Waals surface area (Å²) in [5, 5.41) is 1.56. The van der Waals surface area contributed by atoms with Crippen molar-refractivity contribution >= 4 is 38.2 Å². The summed E-state index contributed by atoms with van der Waals surface area (Å²) < 4.78 is 38.2. The van der Waals surface area contributed by atoms with Gasteiger partial charge in [0.2, 0.25) is 10.0 Å². The van der Waals surface area contributed by atoms with E-state index in [9.17, 15) is 13.2 Å². The zero-order valence-electron chi connectivity index (χ0n) is 23.0. The lowest BCUT2D eigenvalue weighted by Gasteiger charge is -2.41. The Kier molecular flexibility index (Phi) is 9.39. The molecule has 4 aromatic rings. The summed E-state index contributed by atoms with van der Waals surface area (Å²) in [6.45, 7) is 4.22. The molecule has 216 valence electrons. The molecule has 41 heavy (non-hydrogen) atoms. The second kappa shape index (κ2) is 13.2. The zero-order chi connectivity index (χ0) is 28.8. The Labute approximate surface area is 245 Å². The Morgan fingerprint density at radius 2 is 1.76 bits per heavy atom. The van der Waals surface area contributed by atoms with Crippen LogP contribution in [-0.2, 0) is 27.8 Å². The average molecular weight is 596 g/mol. The highest BCUT2D eigenvalue weighted by molar-refractivity contribution is 7.89. The van der Waals surface area contributed by atoms with Crippen LogP contribution in [0.2, 0.25) is 5.02 Å². The Hall–Kier alpha value is -3.24. The molecule has 0 bridgehead atoms. The lowest BCUT2D eigenvalue weighted by atomic mass is 10.0. The minimum atomic E-state index is -3.46. The molecule has 2 aliphatic rings. The SMILES string of the molecule is CCCCc1ccc(S(=O)(=O)N2CCC(N3COCc4c(Cl)cccc43)CC2)cc1.O=c1nc2ccccc2co1. The number of nitrogens with zero attached hydrogens (tertiary/aromatic N) is 3.